The molecular weight excluding hydrogens is 186 g/mol. The van der Waals surface area contributed by atoms with Crippen LogP contribution in [0.15, 0.2) is 0 Å². The molecule has 3 N–H and O–H groups in total. The van der Waals surface area contributed by atoms with E-state index in [4.69, 9.17) is 5.11 Å². The van der Waals surface area contributed by atoms with Crippen LogP contribution in [0.1, 0.15) is 19.8 Å². The Bertz CT molecular complexity index is 206. The largest absolute Gasteiger partial charge is 0.481 e. The summed E-state index contributed by atoms with van der Waals surface area (Å²) < 4.78 is 0. The summed E-state index contributed by atoms with van der Waals surface area (Å²) in [5, 5.41) is 12.6. The number of aliphatic carboxylic acids is 1. The van der Waals surface area contributed by atoms with Crippen LogP contribution in [-0.4, -0.2) is 42.3 Å². The first-order valence-corrected chi connectivity index (χ1v) is 4.42. The second-order valence-electron chi connectivity index (χ2n) is 3.18. The smallest absolute Gasteiger partial charge is 0.329 e. The Morgan fingerprint density at radius 3 is 2.36 bits per heavy atom. The quantitative estimate of drug-likeness (QED) is 0.550. The summed E-state index contributed by atoms with van der Waals surface area (Å²) in [5.41, 5.74) is 2.47. The molecule has 0 bridgehead atoms. The molecule has 1 atom stereocenters. The van der Waals surface area contributed by atoms with Gasteiger partial charge in [0.25, 0.3) is 0 Å². The van der Waals surface area contributed by atoms with Crippen LogP contribution in [0.5, 0.6) is 0 Å². The van der Waals surface area contributed by atoms with Crippen LogP contribution in [0.2, 0.25) is 0 Å². The summed E-state index contributed by atoms with van der Waals surface area (Å²) in [6, 6.07) is -0.712. The minimum absolute atomic E-state index is 0.0582. The molecule has 0 aromatic carbocycles. The minimum atomic E-state index is -0.915. The zero-order valence-corrected chi connectivity index (χ0v) is 8.70. The molecule has 0 spiro atoms. The van der Waals surface area contributed by atoms with Gasteiger partial charge in [-0.15, -0.1) is 0 Å². The second kappa shape index (κ2) is 6.20. The number of rotatable bonds is 5. The molecule has 2 amide bonds. The van der Waals surface area contributed by atoms with E-state index in [1.54, 1.807) is 14.1 Å². The van der Waals surface area contributed by atoms with Crippen molar-refractivity contribution in [2.24, 2.45) is 0 Å². The Kier molecular flexibility index (Phi) is 5.62. The fraction of sp³-hybridized carbons (Fsp3) is 0.750. The normalized spacial score (nSPS) is 12.3. The number of carboxylic acid groups (broad SMARTS) is 1. The standard InChI is InChI=1S/C8H17N3O3/c1-4-6(5-7(12)13)9-8(14)10-11(2)3/h6H,4-5H2,1-3H3,(H,12,13)(H2,9,10,14). The average molecular weight is 203 g/mol. The molecule has 0 rings (SSSR count). The highest BCUT2D eigenvalue weighted by atomic mass is 16.4. The molecule has 0 aliphatic heterocycles. The van der Waals surface area contributed by atoms with Crippen molar-refractivity contribution in [3.05, 3.63) is 0 Å². The maximum absolute atomic E-state index is 11.1. The van der Waals surface area contributed by atoms with Gasteiger partial charge in [-0.3, -0.25) is 10.2 Å². The average Bonchev–Trinajstić information content (AvgIpc) is 2.00. The highest BCUT2D eigenvalue weighted by Gasteiger charge is 2.13. The number of nitrogens with zero attached hydrogens (tertiary/aromatic N) is 1. The van der Waals surface area contributed by atoms with Gasteiger partial charge >= 0.3 is 12.0 Å². The SMILES string of the molecule is CCC(CC(=O)O)NC(=O)NN(C)C. The van der Waals surface area contributed by atoms with E-state index in [0.29, 0.717) is 6.42 Å². The lowest BCUT2D eigenvalue weighted by Crippen LogP contribution is -2.47. The lowest BCUT2D eigenvalue weighted by Gasteiger charge is -2.18. The van der Waals surface area contributed by atoms with E-state index in [-0.39, 0.29) is 18.5 Å². The number of carboxylic acids is 1. The van der Waals surface area contributed by atoms with Crippen LogP contribution < -0.4 is 10.7 Å². The van der Waals surface area contributed by atoms with Gasteiger partial charge in [0.2, 0.25) is 0 Å². The number of hydrazine groups is 1. The van der Waals surface area contributed by atoms with E-state index < -0.39 is 5.97 Å². The van der Waals surface area contributed by atoms with Crippen LogP contribution in [0.4, 0.5) is 4.79 Å². The monoisotopic (exact) mass is 203 g/mol. The number of hydrogen-bond donors (Lipinski definition) is 3. The van der Waals surface area contributed by atoms with Gasteiger partial charge in [0, 0.05) is 20.1 Å². The fourth-order valence-electron chi connectivity index (χ4n) is 0.929. The minimum Gasteiger partial charge on any atom is -0.481 e. The molecule has 0 aromatic heterocycles. The van der Waals surface area contributed by atoms with E-state index in [9.17, 15) is 9.59 Å². The Balaban J connectivity index is 3.92. The molecule has 0 aromatic rings. The highest BCUT2D eigenvalue weighted by molar-refractivity contribution is 5.75. The van der Waals surface area contributed by atoms with Gasteiger partial charge in [-0.2, -0.15) is 0 Å². The number of urea groups is 1. The number of amides is 2. The first kappa shape index (κ1) is 12.7. The predicted molar refractivity (Wildman–Crippen MR) is 51.7 cm³/mol. The molecule has 0 aliphatic rings. The van der Waals surface area contributed by atoms with Crippen LogP contribution in [0.3, 0.4) is 0 Å². The Hall–Kier alpha value is -1.30. The van der Waals surface area contributed by atoms with E-state index in [1.165, 1.54) is 5.01 Å². The Labute approximate surface area is 83.2 Å². The third kappa shape index (κ3) is 6.24. The molecule has 1 unspecified atom stereocenters. The number of nitrogens with one attached hydrogen (secondary N) is 2. The van der Waals surface area contributed by atoms with Gasteiger partial charge in [-0.05, 0) is 6.42 Å². The summed E-state index contributed by atoms with van der Waals surface area (Å²) in [6.45, 7) is 1.82. The van der Waals surface area contributed by atoms with Crippen molar-refractivity contribution in [3.8, 4) is 0 Å². The number of hydrogen-bond acceptors (Lipinski definition) is 3. The molecule has 0 heterocycles. The zero-order valence-electron chi connectivity index (χ0n) is 8.70. The molecule has 0 fully saturated rings. The first-order valence-electron chi connectivity index (χ1n) is 4.42. The molecule has 0 saturated heterocycles. The van der Waals surface area contributed by atoms with E-state index in [0.717, 1.165) is 0 Å². The van der Waals surface area contributed by atoms with Gasteiger partial charge in [0.05, 0.1) is 6.42 Å². The molecular formula is C8H17N3O3. The molecule has 0 aliphatic carbocycles. The summed E-state index contributed by atoms with van der Waals surface area (Å²) in [5.74, 6) is -0.915. The van der Waals surface area contributed by atoms with E-state index in [2.05, 4.69) is 10.7 Å². The predicted octanol–water partition coefficient (Wildman–Crippen LogP) is 0.0155. The molecule has 14 heavy (non-hydrogen) atoms. The first-order chi connectivity index (χ1) is 6.45. The lowest BCUT2D eigenvalue weighted by molar-refractivity contribution is -0.137. The van der Waals surface area contributed by atoms with Crippen LogP contribution in [0.25, 0.3) is 0 Å². The summed E-state index contributed by atoms with van der Waals surface area (Å²) >= 11 is 0. The van der Waals surface area contributed by atoms with Crippen molar-refractivity contribution in [1.82, 2.24) is 15.8 Å². The van der Waals surface area contributed by atoms with Gasteiger partial charge in [-0.1, -0.05) is 6.92 Å². The van der Waals surface area contributed by atoms with Crippen molar-refractivity contribution in [2.45, 2.75) is 25.8 Å². The lowest BCUT2D eigenvalue weighted by atomic mass is 10.1. The maximum atomic E-state index is 11.1. The van der Waals surface area contributed by atoms with Crippen LogP contribution in [-0.2, 0) is 4.79 Å². The zero-order chi connectivity index (χ0) is 11.1. The van der Waals surface area contributed by atoms with Crippen LogP contribution >= 0.6 is 0 Å². The summed E-state index contributed by atoms with van der Waals surface area (Å²) in [4.78, 5) is 21.5. The van der Waals surface area contributed by atoms with Crippen molar-refractivity contribution in [1.29, 1.82) is 0 Å². The third-order valence-corrected chi connectivity index (χ3v) is 1.57. The summed E-state index contributed by atoms with van der Waals surface area (Å²) in [6.07, 6.45) is 0.532. The second-order valence-corrected chi connectivity index (χ2v) is 3.18. The van der Waals surface area contributed by atoms with E-state index in [1.807, 2.05) is 6.92 Å². The molecule has 0 saturated carbocycles. The van der Waals surface area contributed by atoms with E-state index >= 15 is 0 Å². The van der Waals surface area contributed by atoms with Crippen molar-refractivity contribution in [3.63, 3.8) is 0 Å². The Morgan fingerprint density at radius 1 is 1.43 bits per heavy atom. The Morgan fingerprint density at radius 2 is 2.00 bits per heavy atom. The molecule has 6 heteroatoms. The molecule has 6 nitrogen and oxygen atoms in total. The van der Waals surface area contributed by atoms with Crippen molar-refractivity contribution < 1.29 is 14.7 Å². The third-order valence-electron chi connectivity index (χ3n) is 1.57. The topological polar surface area (TPSA) is 81.7 Å². The number of carbonyl (C=O) groups excluding carboxylic acids is 1. The highest BCUT2D eigenvalue weighted by Crippen LogP contribution is 1.96. The van der Waals surface area contributed by atoms with Crippen molar-refractivity contribution in [2.75, 3.05) is 14.1 Å². The van der Waals surface area contributed by atoms with Gasteiger partial charge in [0.1, 0.15) is 0 Å². The number of carbonyl (C=O) groups is 2. The molecule has 0 radical (unpaired) electrons. The molecule has 82 valence electrons. The summed E-state index contributed by atoms with van der Waals surface area (Å²) in [7, 11) is 3.36. The van der Waals surface area contributed by atoms with Gasteiger partial charge < -0.3 is 10.4 Å². The maximum Gasteiger partial charge on any atom is 0.329 e. The van der Waals surface area contributed by atoms with Gasteiger partial charge in [-0.25, -0.2) is 9.80 Å². The van der Waals surface area contributed by atoms with Gasteiger partial charge in [0.15, 0.2) is 0 Å². The fourth-order valence-corrected chi connectivity index (χ4v) is 0.929. The van der Waals surface area contributed by atoms with Crippen LogP contribution in [0, 0.1) is 0 Å². The van der Waals surface area contributed by atoms with Crippen molar-refractivity contribution >= 4 is 12.0 Å².